The first-order valence-corrected chi connectivity index (χ1v) is 15.6. The Hall–Kier alpha value is -2.60. The SMILES string of the molecule is CC1=C(/C=C/C(C)=C/C=C/C(C)=C/C=C/C=C(C)/C=C/C=C(\C)CCC2=C(C)CCCC2(C)C)C(C)(C)CCC1. The highest BCUT2D eigenvalue weighted by Gasteiger charge is 2.28. The Labute approximate surface area is 248 Å². The lowest BCUT2D eigenvalue weighted by molar-refractivity contribution is 0.354. The lowest BCUT2D eigenvalue weighted by atomic mass is 9.71. The molecular weight excluding hydrogens is 480 g/mol. The fourth-order valence-corrected chi connectivity index (χ4v) is 6.15. The van der Waals surface area contributed by atoms with E-state index in [1.165, 1.54) is 72.8 Å². The Morgan fingerprint density at radius 2 is 1.12 bits per heavy atom. The Morgan fingerprint density at radius 1 is 0.625 bits per heavy atom. The third-order valence-corrected chi connectivity index (χ3v) is 8.80. The monoisotopic (exact) mass is 538 g/mol. The molecule has 40 heavy (non-hydrogen) atoms. The molecule has 0 heteroatoms. The fraction of sp³-hybridized carbons (Fsp3) is 0.500. The largest absolute Gasteiger partial charge is 0.0736 e. The van der Waals surface area contributed by atoms with Gasteiger partial charge in [-0.25, -0.2) is 0 Å². The second-order valence-corrected chi connectivity index (χ2v) is 13.6. The Morgan fingerprint density at radius 3 is 1.70 bits per heavy atom. The summed E-state index contributed by atoms with van der Waals surface area (Å²) in [6.45, 7) is 23.0. The van der Waals surface area contributed by atoms with Crippen LogP contribution >= 0.6 is 0 Å². The van der Waals surface area contributed by atoms with E-state index in [4.69, 9.17) is 0 Å². The van der Waals surface area contributed by atoms with E-state index < -0.39 is 0 Å². The lowest BCUT2D eigenvalue weighted by Crippen LogP contribution is -2.20. The molecular formula is C40H58. The van der Waals surface area contributed by atoms with Gasteiger partial charge >= 0.3 is 0 Å². The molecule has 0 bridgehead atoms. The van der Waals surface area contributed by atoms with Gasteiger partial charge in [-0.1, -0.05) is 140 Å². The summed E-state index contributed by atoms with van der Waals surface area (Å²) in [6.07, 6.45) is 36.5. The van der Waals surface area contributed by atoms with Gasteiger partial charge in [0.15, 0.2) is 0 Å². The maximum absolute atomic E-state index is 2.42. The van der Waals surface area contributed by atoms with Crippen molar-refractivity contribution in [2.24, 2.45) is 10.8 Å². The fourth-order valence-electron chi connectivity index (χ4n) is 6.15. The van der Waals surface area contributed by atoms with Crippen molar-refractivity contribution in [1.29, 1.82) is 0 Å². The first-order valence-electron chi connectivity index (χ1n) is 15.6. The molecule has 0 saturated heterocycles. The Balaban J connectivity index is 1.84. The minimum absolute atomic E-state index is 0.294. The molecule has 0 aliphatic heterocycles. The van der Waals surface area contributed by atoms with Crippen LogP contribution in [0.25, 0.3) is 0 Å². The van der Waals surface area contributed by atoms with E-state index in [0.717, 1.165) is 6.42 Å². The van der Waals surface area contributed by atoms with Crippen molar-refractivity contribution < 1.29 is 0 Å². The maximum Gasteiger partial charge on any atom is -0.0104 e. The normalized spacial score (nSPS) is 21.8. The van der Waals surface area contributed by atoms with Crippen LogP contribution in [0.2, 0.25) is 0 Å². The summed E-state index contributed by atoms with van der Waals surface area (Å²) < 4.78 is 0. The molecule has 2 aliphatic rings. The highest BCUT2D eigenvalue weighted by Crippen LogP contribution is 2.43. The van der Waals surface area contributed by atoms with Gasteiger partial charge in [-0.05, 0) is 109 Å². The van der Waals surface area contributed by atoms with Crippen LogP contribution in [0.4, 0.5) is 0 Å². The van der Waals surface area contributed by atoms with E-state index in [2.05, 4.69) is 142 Å². The molecule has 0 spiro atoms. The highest BCUT2D eigenvalue weighted by molar-refractivity contribution is 5.37. The molecule has 0 amide bonds. The summed E-state index contributed by atoms with van der Waals surface area (Å²) >= 11 is 0. The Bertz CT molecular complexity index is 1170. The molecule has 0 aromatic carbocycles. The maximum atomic E-state index is 2.42. The quantitative estimate of drug-likeness (QED) is 0.181. The van der Waals surface area contributed by atoms with Crippen molar-refractivity contribution in [3.05, 3.63) is 117 Å². The van der Waals surface area contributed by atoms with Gasteiger partial charge in [0.2, 0.25) is 0 Å². The zero-order valence-corrected chi connectivity index (χ0v) is 27.6. The van der Waals surface area contributed by atoms with E-state index in [1.807, 2.05) is 0 Å². The van der Waals surface area contributed by atoms with Crippen LogP contribution in [-0.2, 0) is 0 Å². The predicted octanol–water partition coefficient (Wildman–Crippen LogP) is 12.8. The second-order valence-electron chi connectivity index (χ2n) is 13.6. The minimum Gasteiger partial charge on any atom is -0.0736 e. The summed E-state index contributed by atoms with van der Waals surface area (Å²) in [7, 11) is 0. The van der Waals surface area contributed by atoms with Gasteiger partial charge in [0.05, 0.1) is 0 Å². The van der Waals surface area contributed by atoms with Gasteiger partial charge in [-0.15, -0.1) is 0 Å². The summed E-state index contributed by atoms with van der Waals surface area (Å²) in [5, 5.41) is 0. The number of allylic oxidation sites excluding steroid dienone is 20. The molecule has 0 saturated carbocycles. The van der Waals surface area contributed by atoms with Crippen molar-refractivity contribution in [3.8, 4) is 0 Å². The predicted molar refractivity (Wildman–Crippen MR) is 181 cm³/mol. The summed E-state index contributed by atoms with van der Waals surface area (Å²) in [5.74, 6) is 0. The molecule has 0 heterocycles. The first kappa shape index (κ1) is 33.6. The van der Waals surface area contributed by atoms with E-state index in [-0.39, 0.29) is 0 Å². The minimum atomic E-state index is 0.294. The van der Waals surface area contributed by atoms with Gasteiger partial charge in [-0.3, -0.25) is 0 Å². The second kappa shape index (κ2) is 16.0. The molecule has 0 aromatic heterocycles. The van der Waals surface area contributed by atoms with Crippen molar-refractivity contribution in [2.75, 3.05) is 0 Å². The van der Waals surface area contributed by atoms with E-state index in [9.17, 15) is 0 Å². The number of rotatable bonds is 11. The smallest absolute Gasteiger partial charge is 0.0104 e. The zero-order valence-electron chi connectivity index (χ0n) is 27.6. The average Bonchev–Trinajstić information content (AvgIpc) is 2.85. The van der Waals surface area contributed by atoms with Gasteiger partial charge in [0.1, 0.15) is 0 Å². The van der Waals surface area contributed by atoms with E-state index in [1.54, 1.807) is 16.7 Å². The Kier molecular flexibility index (Phi) is 13.4. The van der Waals surface area contributed by atoms with Crippen LogP contribution in [0.5, 0.6) is 0 Å². The molecule has 0 N–H and O–H groups in total. The van der Waals surface area contributed by atoms with Gasteiger partial charge in [0.25, 0.3) is 0 Å². The number of hydrogen-bond acceptors (Lipinski definition) is 0. The van der Waals surface area contributed by atoms with Crippen LogP contribution in [0.3, 0.4) is 0 Å². The molecule has 218 valence electrons. The summed E-state index contributed by atoms with van der Waals surface area (Å²) in [4.78, 5) is 0. The zero-order chi connectivity index (χ0) is 29.8. The molecule has 0 radical (unpaired) electrons. The van der Waals surface area contributed by atoms with Crippen LogP contribution in [0.1, 0.15) is 121 Å². The van der Waals surface area contributed by atoms with Crippen LogP contribution in [0.15, 0.2) is 117 Å². The van der Waals surface area contributed by atoms with Crippen molar-refractivity contribution in [2.45, 2.75) is 121 Å². The topological polar surface area (TPSA) is 0 Å². The molecule has 0 nitrogen and oxygen atoms in total. The van der Waals surface area contributed by atoms with E-state index in [0.29, 0.717) is 10.8 Å². The third kappa shape index (κ3) is 11.5. The van der Waals surface area contributed by atoms with Crippen molar-refractivity contribution in [1.82, 2.24) is 0 Å². The standard InChI is InChI=1S/C40H58/c1-31(19-13-21-33(3)25-27-37-35(5)23-15-29-39(37,7)8)17-11-12-18-32(2)20-14-22-34(4)26-28-38-36(6)24-16-30-40(38,9)10/h11-14,17-22,25,27H,15-16,23-24,26,28-30H2,1-10H3/b12-11+,19-13+,20-14+,27-25+,31-17+,32-18+,33-21+,34-22+. The van der Waals surface area contributed by atoms with Gasteiger partial charge < -0.3 is 0 Å². The molecule has 0 unspecified atom stereocenters. The summed E-state index contributed by atoms with van der Waals surface area (Å²) in [6, 6.07) is 0. The molecule has 2 aliphatic carbocycles. The lowest BCUT2D eigenvalue weighted by Gasteiger charge is -2.34. The van der Waals surface area contributed by atoms with Crippen molar-refractivity contribution >= 4 is 0 Å². The van der Waals surface area contributed by atoms with Crippen molar-refractivity contribution in [3.63, 3.8) is 0 Å². The van der Waals surface area contributed by atoms with Gasteiger partial charge in [-0.2, -0.15) is 0 Å². The van der Waals surface area contributed by atoms with Crippen LogP contribution < -0.4 is 0 Å². The highest BCUT2D eigenvalue weighted by atomic mass is 14.3. The van der Waals surface area contributed by atoms with Gasteiger partial charge in [0, 0.05) is 0 Å². The number of hydrogen-bond donors (Lipinski definition) is 0. The molecule has 0 fully saturated rings. The first-order chi connectivity index (χ1) is 18.8. The average molecular weight is 539 g/mol. The molecule has 2 rings (SSSR count). The molecule has 0 aromatic rings. The third-order valence-electron chi connectivity index (χ3n) is 8.80. The van der Waals surface area contributed by atoms with Crippen LogP contribution in [-0.4, -0.2) is 0 Å². The summed E-state index contributed by atoms with van der Waals surface area (Å²) in [5.41, 5.74) is 12.3. The molecule has 0 atom stereocenters. The van der Waals surface area contributed by atoms with E-state index >= 15 is 0 Å². The van der Waals surface area contributed by atoms with Crippen LogP contribution in [0, 0.1) is 10.8 Å².